The van der Waals surface area contributed by atoms with E-state index in [1.54, 1.807) is 0 Å². The van der Waals surface area contributed by atoms with Crippen LogP contribution in [0.5, 0.6) is 0 Å². The van der Waals surface area contributed by atoms with Crippen molar-refractivity contribution < 1.29 is 0 Å². The summed E-state index contributed by atoms with van der Waals surface area (Å²) in [7, 11) is 0. The summed E-state index contributed by atoms with van der Waals surface area (Å²) >= 11 is 3.45. The van der Waals surface area contributed by atoms with Gasteiger partial charge in [-0.2, -0.15) is 0 Å². The normalized spacial score (nSPS) is 10.8. The minimum atomic E-state index is 0.762. The van der Waals surface area contributed by atoms with E-state index in [2.05, 4.69) is 80.2 Å². The maximum atomic E-state index is 4.57. The summed E-state index contributed by atoms with van der Waals surface area (Å²) in [5.41, 5.74) is 1.17. The zero-order valence-electron chi connectivity index (χ0n) is 12.0. The maximum Gasteiger partial charge on any atom is 0.137 e. The SMILES string of the molecule is CCN(c1cc(Br)nc(C)n1)c1cccc2ccccc12. The van der Waals surface area contributed by atoms with Crippen molar-refractivity contribution in [2.45, 2.75) is 13.8 Å². The molecule has 3 rings (SSSR count). The second-order valence-corrected chi connectivity index (χ2v) is 5.65. The molecule has 0 aliphatic carbocycles. The highest BCUT2D eigenvalue weighted by molar-refractivity contribution is 9.10. The van der Waals surface area contributed by atoms with Crippen molar-refractivity contribution in [2.24, 2.45) is 0 Å². The van der Waals surface area contributed by atoms with E-state index in [-0.39, 0.29) is 0 Å². The van der Waals surface area contributed by atoms with Crippen LogP contribution in [-0.2, 0) is 0 Å². The fraction of sp³-hybridized carbons (Fsp3) is 0.176. The lowest BCUT2D eigenvalue weighted by molar-refractivity contribution is 0.946. The first-order valence-electron chi connectivity index (χ1n) is 6.95. The quantitative estimate of drug-likeness (QED) is 0.637. The molecule has 4 heteroatoms. The Bertz CT molecular complexity index is 760. The average molecular weight is 342 g/mol. The number of aromatic nitrogens is 2. The Hall–Kier alpha value is -1.94. The van der Waals surface area contributed by atoms with Gasteiger partial charge in [0.15, 0.2) is 0 Å². The van der Waals surface area contributed by atoms with Crippen LogP contribution < -0.4 is 4.90 Å². The van der Waals surface area contributed by atoms with Gasteiger partial charge in [-0.25, -0.2) is 9.97 Å². The number of benzene rings is 2. The molecular weight excluding hydrogens is 326 g/mol. The van der Waals surface area contributed by atoms with E-state index < -0.39 is 0 Å². The molecular formula is C17H16BrN3. The molecule has 0 unspecified atom stereocenters. The summed E-state index contributed by atoms with van der Waals surface area (Å²) in [4.78, 5) is 11.1. The fourth-order valence-corrected chi connectivity index (χ4v) is 3.02. The van der Waals surface area contributed by atoms with Crippen LogP contribution >= 0.6 is 15.9 Å². The van der Waals surface area contributed by atoms with Crippen molar-refractivity contribution in [3.05, 3.63) is 59.0 Å². The molecule has 0 atom stereocenters. The highest BCUT2D eigenvalue weighted by atomic mass is 79.9. The molecule has 0 spiro atoms. The minimum Gasteiger partial charge on any atom is -0.326 e. The van der Waals surface area contributed by atoms with Crippen molar-refractivity contribution in [2.75, 3.05) is 11.4 Å². The van der Waals surface area contributed by atoms with E-state index in [1.165, 1.54) is 16.5 Å². The second kappa shape index (κ2) is 5.82. The predicted molar refractivity (Wildman–Crippen MR) is 91.1 cm³/mol. The molecule has 106 valence electrons. The van der Waals surface area contributed by atoms with Crippen LogP contribution in [0.1, 0.15) is 12.7 Å². The van der Waals surface area contributed by atoms with Gasteiger partial charge < -0.3 is 4.90 Å². The number of fused-ring (bicyclic) bond motifs is 1. The fourth-order valence-electron chi connectivity index (χ4n) is 2.55. The third-order valence-corrected chi connectivity index (χ3v) is 3.85. The first kappa shape index (κ1) is 14.0. The van der Waals surface area contributed by atoms with E-state index in [1.807, 2.05) is 13.0 Å². The van der Waals surface area contributed by atoms with Crippen LogP contribution in [0.3, 0.4) is 0 Å². The number of halogens is 1. The highest BCUT2D eigenvalue weighted by Crippen LogP contribution is 2.31. The largest absolute Gasteiger partial charge is 0.326 e. The minimum absolute atomic E-state index is 0.762. The number of aryl methyl sites for hydroxylation is 1. The van der Waals surface area contributed by atoms with Gasteiger partial charge in [0, 0.05) is 18.0 Å². The van der Waals surface area contributed by atoms with Gasteiger partial charge in [0.05, 0.1) is 5.69 Å². The molecule has 0 radical (unpaired) electrons. The van der Waals surface area contributed by atoms with Gasteiger partial charge in [-0.15, -0.1) is 0 Å². The predicted octanol–water partition coefficient (Wildman–Crippen LogP) is 4.86. The number of hydrogen-bond donors (Lipinski definition) is 0. The van der Waals surface area contributed by atoms with E-state index in [0.29, 0.717) is 0 Å². The third kappa shape index (κ3) is 2.76. The Balaban J connectivity index is 2.18. The van der Waals surface area contributed by atoms with Crippen molar-refractivity contribution in [3.8, 4) is 0 Å². The zero-order valence-corrected chi connectivity index (χ0v) is 13.6. The van der Waals surface area contributed by atoms with E-state index in [9.17, 15) is 0 Å². The van der Waals surface area contributed by atoms with Crippen LogP contribution in [0, 0.1) is 6.92 Å². The molecule has 1 aromatic heterocycles. The Labute approximate surface area is 132 Å². The molecule has 1 heterocycles. The van der Waals surface area contributed by atoms with Gasteiger partial charge >= 0.3 is 0 Å². The first-order valence-corrected chi connectivity index (χ1v) is 7.75. The lowest BCUT2D eigenvalue weighted by Crippen LogP contribution is -2.18. The number of anilines is 2. The summed E-state index contributed by atoms with van der Waals surface area (Å²) in [6.07, 6.45) is 0. The molecule has 3 aromatic rings. The van der Waals surface area contributed by atoms with Crippen LogP contribution in [0.25, 0.3) is 10.8 Å². The lowest BCUT2D eigenvalue weighted by atomic mass is 10.1. The maximum absolute atomic E-state index is 4.57. The number of hydrogen-bond acceptors (Lipinski definition) is 3. The Kier molecular flexibility index (Phi) is 3.88. The molecule has 0 fully saturated rings. The van der Waals surface area contributed by atoms with Gasteiger partial charge in [0.25, 0.3) is 0 Å². The molecule has 0 aliphatic heterocycles. The van der Waals surface area contributed by atoms with Crippen molar-refractivity contribution in [3.63, 3.8) is 0 Å². The van der Waals surface area contributed by atoms with Gasteiger partial charge in [0.1, 0.15) is 16.2 Å². The van der Waals surface area contributed by atoms with Crippen molar-refractivity contribution >= 4 is 38.2 Å². The lowest BCUT2D eigenvalue weighted by Gasteiger charge is -2.24. The first-order chi connectivity index (χ1) is 10.2. The smallest absolute Gasteiger partial charge is 0.137 e. The molecule has 0 N–H and O–H groups in total. The molecule has 3 nitrogen and oxygen atoms in total. The van der Waals surface area contributed by atoms with Crippen LogP contribution in [0.2, 0.25) is 0 Å². The van der Waals surface area contributed by atoms with E-state index in [0.717, 1.165) is 22.8 Å². The van der Waals surface area contributed by atoms with E-state index in [4.69, 9.17) is 0 Å². The number of rotatable bonds is 3. The number of nitrogens with zero attached hydrogens (tertiary/aromatic N) is 3. The van der Waals surface area contributed by atoms with Gasteiger partial charge in [-0.1, -0.05) is 36.4 Å². The summed E-state index contributed by atoms with van der Waals surface area (Å²) in [6, 6.07) is 16.7. The second-order valence-electron chi connectivity index (χ2n) is 4.84. The van der Waals surface area contributed by atoms with Gasteiger partial charge in [-0.05, 0) is 41.2 Å². The van der Waals surface area contributed by atoms with Crippen LogP contribution in [0.15, 0.2) is 53.1 Å². The average Bonchev–Trinajstić information content (AvgIpc) is 2.47. The highest BCUT2D eigenvalue weighted by Gasteiger charge is 2.13. The van der Waals surface area contributed by atoms with E-state index >= 15 is 0 Å². The third-order valence-electron chi connectivity index (χ3n) is 3.44. The standard InChI is InChI=1S/C17H16BrN3/c1-3-21(17-11-16(18)19-12(2)20-17)15-10-6-8-13-7-4-5-9-14(13)15/h4-11H,3H2,1-2H3. The molecule has 0 aliphatic rings. The summed E-state index contributed by atoms with van der Waals surface area (Å²) < 4.78 is 0.809. The topological polar surface area (TPSA) is 29.0 Å². The Morgan fingerprint density at radius 2 is 1.81 bits per heavy atom. The molecule has 0 saturated carbocycles. The Morgan fingerprint density at radius 3 is 2.57 bits per heavy atom. The molecule has 0 saturated heterocycles. The molecule has 21 heavy (non-hydrogen) atoms. The van der Waals surface area contributed by atoms with Crippen LogP contribution in [0.4, 0.5) is 11.5 Å². The van der Waals surface area contributed by atoms with Crippen molar-refractivity contribution in [1.29, 1.82) is 0 Å². The summed E-state index contributed by atoms with van der Waals surface area (Å²) in [6.45, 7) is 4.88. The van der Waals surface area contributed by atoms with Gasteiger partial charge in [0.2, 0.25) is 0 Å². The van der Waals surface area contributed by atoms with Gasteiger partial charge in [-0.3, -0.25) is 0 Å². The summed E-state index contributed by atoms with van der Waals surface area (Å²) in [5.74, 6) is 1.67. The van der Waals surface area contributed by atoms with Crippen molar-refractivity contribution in [1.82, 2.24) is 9.97 Å². The zero-order chi connectivity index (χ0) is 14.8. The summed E-state index contributed by atoms with van der Waals surface area (Å²) in [5, 5.41) is 2.47. The molecule has 2 aromatic carbocycles. The molecule has 0 amide bonds. The Morgan fingerprint density at radius 1 is 1.05 bits per heavy atom. The molecule has 0 bridgehead atoms. The van der Waals surface area contributed by atoms with Crippen LogP contribution in [-0.4, -0.2) is 16.5 Å². The monoisotopic (exact) mass is 341 g/mol.